The number of nitrogens with one attached hydrogen (secondary N) is 1. The summed E-state index contributed by atoms with van der Waals surface area (Å²) < 4.78 is 15.0. The Morgan fingerprint density at radius 2 is 2.27 bits per heavy atom. The van der Waals surface area contributed by atoms with Gasteiger partial charge in [-0.15, -0.1) is 0 Å². The van der Waals surface area contributed by atoms with Crippen LogP contribution in [-0.4, -0.2) is 33.7 Å². The molecular formula is C20H27FN4O. The van der Waals surface area contributed by atoms with Gasteiger partial charge in [0, 0.05) is 44.0 Å². The highest BCUT2D eigenvalue weighted by Gasteiger charge is 2.21. The molecule has 1 atom stereocenters. The van der Waals surface area contributed by atoms with E-state index in [0.717, 1.165) is 31.6 Å². The number of halogens is 1. The number of carbonyl (C=O) groups is 1. The maximum Gasteiger partial charge on any atom is 0.224 e. The molecule has 0 radical (unpaired) electrons. The van der Waals surface area contributed by atoms with Gasteiger partial charge in [0.1, 0.15) is 5.82 Å². The van der Waals surface area contributed by atoms with Crippen LogP contribution in [0.4, 0.5) is 10.1 Å². The first-order chi connectivity index (χ1) is 12.5. The Labute approximate surface area is 154 Å². The SMILES string of the molecule is Cc1cc(F)ccc1NC(=O)CC[C@H]1CCCN(Cc2cnn(C)c2)C1. The van der Waals surface area contributed by atoms with E-state index in [-0.39, 0.29) is 11.7 Å². The molecule has 26 heavy (non-hydrogen) atoms. The van der Waals surface area contributed by atoms with Crippen LogP contribution in [0, 0.1) is 18.7 Å². The summed E-state index contributed by atoms with van der Waals surface area (Å²) in [6.07, 6.45) is 7.71. The molecule has 1 aromatic heterocycles. The first-order valence-corrected chi connectivity index (χ1v) is 9.25. The summed E-state index contributed by atoms with van der Waals surface area (Å²) in [7, 11) is 1.93. The standard InChI is InChI=1S/C20H27FN4O/c1-15-10-18(21)6-7-19(15)23-20(26)8-5-16-4-3-9-25(13-16)14-17-11-22-24(2)12-17/h6-7,10-12,16H,3-5,8-9,13-14H2,1-2H3,(H,23,26)/t16-/m1/s1. The molecule has 1 aromatic carbocycles. The van der Waals surface area contributed by atoms with Gasteiger partial charge >= 0.3 is 0 Å². The average Bonchev–Trinajstić information content (AvgIpc) is 3.01. The van der Waals surface area contributed by atoms with Crippen LogP contribution in [0.2, 0.25) is 0 Å². The van der Waals surface area contributed by atoms with Crippen molar-refractivity contribution in [1.29, 1.82) is 0 Å². The summed E-state index contributed by atoms with van der Waals surface area (Å²) in [5.41, 5.74) is 2.68. The van der Waals surface area contributed by atoms with Crippen molar-refractivity contribution < 1.29 is 9.18 Å². The Hall–Kier alpha value is -2.21. The Balaban J connectivity index is 1.45. The van der Waals surface area contributed by atoms with Crippen LogP contribution in [0.3, 0.4) is 0 Å². The largest absolute Gasteiger partial charge is 0.326 e. The summed E-state index contributed by atoms with van der Waals surface area (Å²) in [5.74, 6) is 0.265. The molecule has 2 aromatic rings. The van der Waals surface area contributed by atoms with Crippen LogP contribution in [0.15, 0.2) is 30.6 Å². The lowest BCUT2D eigenvalue weighted by Crippen LogP contribution is -2.35. The second-order valence-corrected chi connectivity index (χ2v) is 7.31. The number of amides is 1. The van der Waals surface area contributed by atoms with Gasteiger partial charge in [-0.3, -0.25) is 14.4 Å². The van der Waals surface area contributed by atoms with Crippen molar-refractivity contribution in [3.63, 3.8) is 0 Å². The van der Waals surface area contributed by atoms with E-state index in [1.165, 1.54) is 30.5 Å². The summed E-state index contributed by atoms with van der Waals surface area (Å²) in [6, 6.07) is 4.44. The van der Waals surface area contributed by atoms with Gasteiger partial charge in [-0.25, -0.2) is 4.39 Å². The van der Waals surface area contributed by atoms with E-state index in [1.54, 1.807) is 13.0 Å². The number of carbonyl (C=O) groups excluding carboxylic acids is 1. The minimum absolute atomic E-state index is 0.00379. The van der Waals surface area contributed by atoms with Crippen molar-refractivity contribution >= 4 is 11.6 Å². The van der Waals surface area contributed by atoms with Gasteiger partial charge in [0.2, 0.25) is 5.91 Å². The summed E-state index contributed by atoms with van der Waals surface area (Å²) in [5, 5.41) is 7.13. The lowest BCUT2D eigenvalue weighted by atomic mass is 9.93. The summed E-state index contributed by atoms with van der Waals surface area (Å²) in [6.45, 7) is 4.85. The molecule has 5 nitrogen and oxygen atoms in total. The van der Waals surface area contributed by atoms with Crippen LogP contribution < -0.4 is 5.32 Å². The quantitative estimate of drug-likeness (QED) is 0.860. The third kappa shape index (κ3) is 5.14. The molecule has 140 valence electrons. The molecule has 0 unspecified atom stereocenters. The number of aromatic nitrogens is 2. The number of rotatable bonds is 6. The van der Waals surface area contributed by atoms with Crippen molar-refractivity contribution in [3.05, 3.63) is 47.5 Å². The molecule has 1 saturated heterocycles. The third-order valence-corrected chi connectivity index (χ3v) is 5.01. The number of hydrogen-bond donors (Lipinski definition) is 1. The number of benzene rings is 1. The average molecular weight is 358 g/mol. The number of piperidine rings is 1. The molecule has 1 N–H and O–H groups in total. The molecule has 1 amide bonds. The van der Waals surface area contributed by atoms with Gasteiger partial charge in [-0.1, -0.05) is 0 Å². The molecule has 0 spiro atoms. The van der Waals surface area contributed by atoms with Crippen molar-refractivity contribution in [1.82, 2.24) is 14.7 Å². The predicted octanol–water partition coefficient (Wildman–Crippen LogP) is 3.50. The summed E-state index contributed by atoms with van der Waals surface area (Å²) >= 11 is 0. The zero-order valence-corrected chi connectivity index (χ0v) is 15.5. The molecule has 0 bridgehead atoms. The fourth-order valence-corrected chi connectivity index (χ4v) is 3.66. The fourth-order valence-electron chi connectivity index (χ4n) is 3.66. The molecule has 3 rings (SSSR count). The smallest absolute Gasteiger partial charge is 0.224 e. The minimum Gasteiger partial charge on any atom is -0.326 e. The lowest BCUT2D eigenvalue weighted by molar-refractivity contribution is -0.116. The summed E-state index contributed by atoms with van der Waals surface area (Å²) in [4.78, 5) is 14.7. The number of nitrogens with zero attached hydrogens (tertiary/aromatic N) is 3. The Kier molecular flexibility index (Phi) is 6.04. The van der Waals surface area contributed by atoms with Crippen LogP contribution in [-0.2, 0) is 18.4 Å². The Morgan fingerprint density at radius 1 is 1.42 bits per heavy atom. The van der Waals surface area contributed by atoms with Crippen LogP contribution in [0.1, 0.15) is 36.8 Å². The first kappa shape index (κ1) is 18.6. The predicted molar refractivity (Wildman–Crippen MR) is 100 cm³/mol. The maximum absolute atomic E-state index is 13.1. The second-order valence-electron chi connectivity index (χ2n) is 7.31. The highest BCUT2D eigenvalue weighted by molar-refractivity contribution is 5.91. The van der Waals surface area contributed by atoms with Gasteiger partial charge in [-0.05, 0) is 62.4 Å². The molecule has 0 saturated carbocycles. The molecule has 1 aliphatic rings. The van der Waals surface area contributed by atoms with Gasteiger partial charge in [0.15, 0.2) is 0 Å². The molecular weight excluding hydrogens is 331 g/mol. The van der Waals surface area contributed by atoms with E-state index in [4.69, 9.17) is 0 Å². The molecule has 2 heterocycles. The van der Waals surface area contributed by atoms with Gasteiger partial charge in [-0.2, -0.15) is 5.10 Å². The van der Waals surface area contributed by atoms with Crippen molar-refractivity contribution in [2.24, 2.45) is 13.0 Å². The zero-order valence-electron chi connectivity index (χ0n) is 15.5. The number of hydrogen-bond acceptors (Lipinski definition) is 3. The number of likely N-dealkylation sites (tertiary alicyclic amines) is 1. The van der Waals surface area contributed by atoms with E-state index in [0.29, 0.717) is 18.0 Å². The van der Waals surface area contributed by atoms with Crippen molar-refractivity contribution in [3.8, 4) is 0 Å². The maximum atomic E-state index is 13.1. The minimum atomic E-state index is -0.281. The zero-order chi connectivity index (χ0) is 18.5. The Bertz CT molecular complexity index is 758. The van der Waals surface area contributed by atoms with E-state index in [9.17, 15) is 9.18 Å². The topological polar surface area (TPSA) is 50.2 Å². The molecule has 0 aliphatic carbocycles. The van der Waals surface area contributed by atoms with E-state index < -0.39 is 0 Å². The lowest BCUT2D eigenvalue weighted by Gasteiger charge is -2.32. The van der Waals surface area contributed by atoms with Crippen molar-refractivity contribution in [2.45, 2.75) is 39.2 Å². The molecule has 1 aliphatic heterocycles. The third-order valence-electron chi connectivity index (χ3n) is 5.01. The van der Waals surface area contributed by atoms with Gasteiger partial charge in [0.25, 0.3) is 0 Å². The normalized spacial score (nSPS) is 18.0. The van der Waals surface area contributed by atoms with Crippen molar-refractivity contribution in [2.75, 3.05) is 18.4 Å². The second kappa shape index (κ2) is 8.45. The van der Waals surface area contributed by atoms with E-state index >= 15 is 0 Å². The highest BCUT2D eigenvalue weighted by Crippen LogP contribution is 2.23. The first-order valence-electron chi connectivity index (χ1n) is 9.25. The van der Waals surface area contributed by atoms with Crippen LogP contribution in [0.25, 0.3) is 0 Å². The Morgan fingerprint density at radius 3 is 3.00 bits per heavy atom. The van der Waals surface area contributed by atoms with E-state index in [1.807, 2.05) is 17.9 Å². The van der Waals surface area contributed by atoms with Crippen LogP contribution in [0.5, 0.6) is 0 Å². The molecule has 6 heteroatoms. The monoisotopic (exact) mass is 358 g/mol. The van der Waals surface area contributed by atoms with E-state index in [2.05, 4.69) is 21.5 Å². The van der Waals surface area contributed by atoms with Crippen LogP contribution >= 0.6 is 0 Å². The highest BCUT2D eigenvalue weighted by atomic mass is 19.1. The number of aryl methyl sites for hydroxylation is 2. The van der Waals surface area contributed by atoms with Gasteiger partial charge < -0.3 is 5.32 Å². The van der Waals surface area contributed by atoms with Gasteiger partial charge in [0.05, 0.1) is 6.20 Å². The molecule has 1 fully saturated rings. The fraction of sp³-hybridized carbons (Fsp3) is 0.500. The number of anilines is 1.